The number of thioether (sulfide) groups is 1. The van der Waals surface area contributed by atoms with Crippen molar-refractivity contribution in [1.29, 1.82) is 0 Å². The van der Waals surface area contributed by atoms with Crippen LogP contribution in [0, 0.1) is 0 Å². The molecule has 3 aromatic rings. The van der Waals surface area contributed by atoms with Crippen molar-refractivity contribution in [2.75, 3.05) is 5.75 Å². The molecule has 0 bridgehead atoms. The van der Waals surface area contributed by atoms with Crippen LogP contribution in [0.2, 0.25) is 0 Å². The van der Waals surface area contributed by atoms with Gasteiger partial charge in [-0.2, -0.15) is 0 Å². The lowest BCUT2D eigenvalue weighted by molar-refractivity contribution is 0.576. The number of nitrogens with zero attached hydrogens (tertiary/aromatic N) is 2. The van der Waals surface area contributed by atoms with Crippen LogP contribution in [0.4, 0.5) is 0 Å². The van der Waals surface area contributed by atoms with Gasteiger partial charge in [0.2, 0.25) is 10.0 Å². The van der Waals surface area contributed by atoms with Crippen LogP contribution in [0.3, 0.4) is 0 Å². The summed E-state index contributed by atoms with van der Waals surface area (Å²) in [5.41, 5.74) is 2.75. The largest absolute Gasteiger partial charge is 0.320 e. The highest BCUT2D eigenvalue weighted by Crippen LogP contribution is 2.33. The van der Waals surface area contributed by atoms with Crippen molar-refractivity contribution in [3.05, 3.63) is 66.4 Å². The molecule has 0 fully saturated rings. The highest BCUT2D eigenvalue weighted by molar-refractivity contribution is 7.99. The van der Waals surface area contributed by atoms with E-state index in [0.29, 0.717) is 0 Å². The molecule has 1 aliphatic rings. The van der Waals surface area contributed by atoms with Crippen molar-refractivity contribution in [1.82, 2.24) is 14.3 Å². The number of imidazole rings is 1. The Kier molecular flexibility index (Phi) is 4.37. The van der Waals surface area contributed by atoms with Gasteiger partial charge in [0.1, 0.15) is 0 Å². The molecule has 25 heavy (non-hydrogen) atoms. The summed E-state index contributed by atoms with van der Waals surface area (Å²) in [6.07, 6.45) is 0. The molecular formula is C18H17N3O2S2. The van der Waals surface area contributed by atoms with E-state index in [2.05, 4.69) is 9.29 Å². The van der Waals surface area contributed by atoms with Gasteiger partial charge in [-0.1, -0.05) is 60.3 Å². The van der Waals surface area contributed by atoms with E-state index in [9.17, 15) is 8.42 Å². The van der Waals surface area contributed by atoms with Crippen LogP contribution in [0.5, 0.6) is 0 Å². The van der Waals surface area contributed by atoms with Gasteiger partial charge >= 0.3 is 0 Å². The number of aromatic nitrogens is 2. The molecule has 1 aliphatic heterocycles. The summed E-state index contributed by atoms with van der Waals surface area (Å²) in [4.78, 5) is 5.00. The average molecular weight is 371 g/mol. The number of hydrogen-bond donors (Lipinski definition) is 1. The maximum atomic E-state index is 12.5. The zero-order valence-electron chi connectivity index (χ0n) is 13.4. The number of hydrogen-bond acceptors (Lipinski definition) is 4. The lowest BCUT2D eigenvalue weighted by Gasteiger charge is -2.10. The van der Waals surface area contributed by atoms with Crippen LogP contribution in [0.1, 0.15) is 5.69 Å². The molecule has 5 nitrogen and oxygen atoms in total. The van der Waals surface area contributed by atoms with Gasteiger partial charge in [-0.05, 0) is 12.1 Å². The molecule has 1 aromatic heterocycles. The van der Waals surface area contributed by atoms with Crippen LogP contribution in [-0.4, -0.2) is 23.7 Å². The number of rotatable bonds is 5. The minimum absolute atomic E-state index is 0.217. The smallest absolute Gasteiger partial charge is 0.240 e. The van der Waals surface area contributed by atoms with Crippen LogP contribution in [0.15, 0.2) is 70.7 Å². The summed E-state index contributed by atoms with van der Waals surface area (Å²) in [5, 5.41) is 0.952. The molecule has 0 aliphatic carbocycles. The van der Waals surface area contributed by atoms with E-state index in [1.165, 1.54) is 0 Å². The van der Waals surface area contributed by atoms with Crippen molar-refractivity contribution in [2.24, 2.45) is 0 Å². The molecule has 0 atom stereocenters. The highest BCUT2D eigenvalue weighted by Gasteiger charge is 2.24. The number of sulfonamides is 1. The first-order chi connectivity index (χ1) is 12.1. The van der Waals surface area contributed by atoms with E-state index < -0.39 is 10.0 Å². The standard InChI is InChI=1S/C18H17N3O2S2/c22-25(23,15-9-5-2-6-10-15)19-13-16-17(14-7-3-1-4-8-14)20-18-21(16)11-12-24-18/h1-10,19H,11-13H2. The Bertz CT molecular complexity index is 984. The number of fused-ring (bicyclic) bond motifs is 1. The van der Waals surface area contributed by atoms with E-state index in [4.69, 9.17) is 4.98 Å². The van der Waals surface area contributed by atoms with Crippen LogP contribution in [-0.2, 0) is 23.1 Å². The summed E-state index contributed by atoms with van der Waals surface area (Å²) >= 11 is 1.70. The van der Waals surface area contributed by atoms with Gasteiger partial charge in [-0.3, -0.25) is 0 Å². The molecule has 0 spiro atoms. The zero-order valence-corrected chi connectivity index (χ0v) is 15.1. The molecule has 0 radical (unpaired) electrons. The van der Waals surface area contributed by atoms with Gasteiger partial charge < -0.3 is 4.57 Å². The average Bonchev–Trinajstić information content (AvgIpc) is 3.23. The molecule has 128 valence electrons. The van der Waals surface area contributed by atoms with Gasteiger partial charge in [0.05, 0.1) is 22.8 Å². The molecule has 0 saturated heterocycles. The third kappa shape index (κ3) is 3.22. The first-order valence-corrected chi connectivity index (χ1v) is 10.4. The Morgan fingerprint density at radius 2 is 1.72 bits per heavy atom. The second-order valence-corrected chi connectivity index (χ2v) is 8.52. The van der Waals surface area contributed by atoms with Crippen molar-refractivity contribution < 1.29 is 8.42 Å². The maximum Gasteiger partial charge on any atom is 0.240 e. The Morgan fingerprint density at radius 1 is 1.04 bits per heavy atom. The topological polar surface area (TPSA) is 64.0 Å². The summed E-state index contributed by atoms with van der Waals surface area (Å²) in [5.74, 6) is 0.968. The summed E-state index contributed by atoms with van der Waals surface area (Å²) < 4.78 is 29.9. The van der Waals surface area contributed by atoms with E-state index >= 15 is 0 Å². The molecule has 7 heteroatoms. The molecule has 0 saturated carbocycles. The van der Waals surface area contributed by atoms with Crippen molar-refractivity contribution in [3.63, 3.8) is 0 Å². The summed E-state index contributed by atoms with van der Waals surface area (Å²) in [6, 6.07) is 18.3. The Labute approximate surface area is 151 Å². The number of nitrogens with one attached hydrogen (secondary N) is 1. The summed E-state index contributed by atoms with van der Waals surface area (Å²) in [6.45, 7) is 1.07. The molecule has 0 amide bonds. The number of benzene rings is 2. The predicted octanol–water partition coefficient (Wildman–Crippen LogP) is 3.13. The lowest BCUT2D eigenvalue weighted by atomic mass is 10.1. The minimum atomic E-state index is -3.55. The second kappa shape index (κ2) is 6.67. The van der Waals surface area contributed by atoms with Crippen LogP contribution < -0.4 is 4.72 Å². The van der Waals surface area contributed by atoms with Crippen molar-refractivity contribution >= 4 is 21.8 Å². The molecule has 2 heterocycles. The van der Waals surface area contributed by atoms with Crippen molar-refractivity contribution in [3.8, 4) is 11.3 Å². The Balaban J connectivity index is 1.67. The van der Waals surface area contributed by atoms with Gasteiger partial charge in [0, 0.05) is 17.9 Å². The fourth-order valence-corrected chi connectivity index (χ4v) is 4.86. The van der Waals surface area contributed by atoms with E-state index in [-0.39, 0.29) is 11.4 Å². The minimum Gasteiger partial charge on any atom is -0.320 e. The van der Waals surface area contributed by atoms with Gasteiger partial charge in [0.25, 0.3) is 0 Å². The fourth-order valence-electron chi connectivity index (χ4n) is 2.89. The predicted molar refractivity (Wildman–Crippen MR) is 98.9 cm³/mol. The highest BCUT2D eigenvalue weighted by atomic mass is 32.2. The quantitative estimate of drug-likeness (QED) is 0.748. The lowest BCUT2D eigenvalue weighted by Crippen LogP contribution is -2.24. The molecule has 2 aromatic carbocycles. The first-order valence-electron chi connectivity index (χ1n) is 7.97. The normalized spacial score (nSPS) is 13.8. The Hall–Kier alpha value is -2.09. The van der Waals surface area contributed by atoms with Crippen molar-refractivity contribution in [2.45, 2.75) is 23.1 Å². The molecule has 1 N–H and O–H groups in total. The fraction of sp³-hybridized carbons (Fsp3) is 0.167. The molecule has 4 rings (SSSR count). The Morgan fingerprint density at radius 3 is 2.44 bits per heavy atom. The monoisotopic (exact) mass is 371 g/mol. The second-order valence-electron chi connectivity index (χ2n) is 5.69. The van der Waals surface area contributed by atoms with Crippen LogP contribution in [0.25, 0.3) is 11.3 Å². The zero-order chi connectivity index (χ0) is 17.3. The van der Waals surface area contributed by atoms with E-state index in [1.54, 1.807) is 42.1 Å². The first kappa shape index (κ1) is 16.4. The van der Waals surface area contributed by atoms with Gasteiger partial charge in [-0.15, -0.1) is 0 Å². The third-order valence-electron chi connectivity index (χ3n) is 4.11. The van der Waals surface area contributed by atoms with Gasteiger partial charge in [-0.25, -0.2) is 18.1 Å². The van der Waals surface area contributed by atoms with Crippen LogP contribution >= 0.6 is 11.8 Å². The molecular weight excluding hydrogens is 354 g/mol. The maximum absolute atomic E-state index is 12.5. The third-order valence-corrected chi connectivity index (χ3v) is 6.49. The molecule has 0 unspecified atom stereocenters. The SMILES string of the molecule is O=S(=O)(NCc1c(-c2ccccc2)nc2n1CCS2)c1ccccc1. The van der Waals surface area contributed by atoms with E-state index in [0.717, 1.165) is 34.4 Å². The summed E-state index contributed by atoms with van der Waals surface area (Å²) in [7, 11) is -3.55. The van der Waals surface area contributed by atoms with E-state index in [1.807, 2.05) is 30.3 Å². The van der Waals surface area contributed by atoms with Gasteiger partial charge in [0.15, 0.2) is 5.16 Å².